The first-order chi connectivity index (χ1) is 20.4. The molecule has 0 bridgehead atoms. The Morgan fingerprint density at radius 3 is 2.21 bits per heavy atom. The third-order valence-electron chi connectivity index (χ3n) is 6.65. The van der Waals surface area contributed by atoms with E-state index in [1.165, 1.54) is 4.90 Å². The summed E-state index contributed by atoms with van der Waals surface area (Å²) < 4.78 is 0. The van der Waals surface area contributed by atoms with Crippen LogP contribution in [0.4, 0.5) is 5.69 Å². The zero-order valence-corrected chi connectivity index (χ0v) is 23.8. The minimum Gasteiger partial charge on any atom is -0.321 e. The summed E-state index contributed by atoms with van der Waals surface area (Å²) in [7, 11) is 0. The van der Waals surface area contributed by atoms with Crippen molar-refractivity contribution in [2.75, 3.05) is 17.6 Å². The summed E-state index contributed by atoms with van der Waals surface area (Å²) in [6.07, 6.45) is 2.28. The molecule has 4 aromatic carbocycles. The molecule has 7 nitrogen and oxygen atoms in total. The molecule has 8 heteroatoms. The van der Waals surface area contributed by atoms with Crippen LogP contribution in [-0.4, -0.2) is 40.8 Å². The van der Waals surface area contributed by atoms with Crippen molar-refractivity contribution in [3.8, 4) is 0 Å². The number of anilines is 1. The highest BCUT2D eigenvalue weighted by Gasteiger charge is 2.34. The number of benzene rings is 4. The Hall–Kier alpha value is -4.95. The van der Waals surface area contributed by atoms with Gasteiger partial charge < -0.3 is 10.6 Å². The van der Waals surface area contributed by atoms with Crippen molar-refractivity contribution in [2.24, 2.45) is 0 Å². The number of hydrogen-bond acceptors (Lipinski definition) is 5. The number of nitrogens with one attached hydrogen (secondary N) is 2. The van der Waals surface area contributed by atoms with Gasteiger partial charge >= 0.3 is 0 Å². The summed E-state index contributed by atoms with van der Waals surface area (Å²) >= 11 is 1.57. The smallest absolute Gasteiger partial charge is 0.272 e. The van der Waals surface area contributed by atoms with Gasteiger partial charge in [-0.3, -0.25) is 24.1 Å². The summed E-state index contributed by atoms with van der Waals surface area (Å²) in [6, 6.07) is 30.7. The Bertz CT molecular complexity index is 1650. The first kappa shape index (κ1) is 28.6. The van der Waals surface area contributed by atoms with Crippen molar-refractivity contribution in [1.82, 2.24) is 10.2 Å². The van der Waals surface area contributed by atoms with E-state index in [0.29, 0.717) is 41.1 Å². The van der Waals surface area contributed by atoms with Gasteiger partial charge in [0.25, 0.3) is 23.6 Å². The van der Waals surface area contributed by atoms with Crippen molar-refractivity contribution < 1.29 is 19.2 Å². The number of carbonyl (C=O) groups excluding carboxylic acids is 4. The third-order valence-corrected chi connectivity index (χ3v) is 7.73. The molecule has 0 atom stereocenters. The van der Waals surface area contributed by atoms with E-state index in [4.69, 9.17) is 0 Å². The first-order valence-corrected chi connectivity index (χ1v) is 14.5. The molecule has 2 N–H and O–H groups in total. The van der Waals surface area contributed by atoms with Gasteiger partial charge in [-0.2, -0.15) is 0 Å². The number of imide groups is 1. The van der Waals surface area contributed by atoms with Gasteiger partial charge in [0.05, 0.1) is 11.1 Å². The molecule has 210 valence electrons. The van der Waals surface area contributed by atoms with Crippen LogP contribution >= 0.6 is 11.8 Å². The topological polar surface area (TPSA) is 95.6 Å². The Morgan fingerprint density at radius 1 is 0.810 bits per heavy atom. The van der Waals surface area contributed by atoms with Gasteiger partial charge in [-0.15, -0.1) is 11.8 Å². The SMILES string of the molecule is Cc1cccc(/C=C(/NC(=O)c2ccccc2)C(=O)Nc2cccc(SCCCN3C(=O)c4ccccc4C3=O)c2)c1. The summed E-state index contributed by atoms with van der Waals surface area (Å²) in [6.45, 7) is 2.30. The van der Waals surface area contributed by atoms with Crippen LogP contribution in [0.3, 0.4) is 0 Å². The van der Waals surface area contributed by atoms with Crippen molar-refractivity contribution >= 4 is 47.2 Å². The lowest BCUT2D eigenvalue weighted by Crippen LogP contribution is -2.31. The highest BCUT2D eigenvalue weighted by Crippen LogP contribution is 2.25. The lowest BCUT2D eigenvalue weighted by Gasteiger charge is -2.14. The Kier molecular flexibility index (Phi) is 8.94. The first-order valence-electron chi connectivity index (χ1n) is 13.5. The van der Waals surface area contributed by atoms with E-state index in [2.05, 4.69) is 10.6 Å². The molecule has 42 heavy (non-hydrogen) atoms. The van der Waals surface area contributed by atoms with Crippen LogP contribution in [0.5, 0.6) is 0 Å². The maximum Gasteiger partial charge on any atom is 0.272 e. The van der Waals surface area contributed by atoms with Gasteiger partial charge in [-0.25, -0.2) is 0 Å². The molecule has 0 saturated carbocycles. The number of hydrogen-bond donors (Lipinski definition) is 2. The van der Waals surface area contributed by atoms with Crippen LogP contribution in [-0.2, 0) is 4.79 Å². The van der Waals surface area contributed by atoms with E-state index in [-0.39, 0.29) is 23.4 Å². The van der Waals surface area contributed by atoms with Crippen LogP contribution < -0.4 is 10.6 Å². The fourth-order valence-corrected chi connectivity index (χ4v) is 5.48. The van der Waals surface area contributed by atoms with Crippen LogP contribution in [0.2, 0.25) is 0 Å². The summed E-state index contributed by atoms with van der Waals surface area (Å²) in [5.74, 6) is -0.657. The van der Waals surface area contributed by atoms with Crippen molar-refractivity contribution in [3.63, 3.8) is 0 Å². The zero-order valence-electron chi connectivity index (χ0n) is 23.0. The second kappa shape index (κ2) is 13.1. The largest absolute Gasteiger partial charge is 0.321 e. The van der Waals surface area contributed by atoms with E-state index in [1.807, 2.05) is 55.5 Å². The van der Waals surface area contributed by atoms with Crippen LogP contribution in [0.25, 0.3) is 6.08 Å². The van der Waals surface area contributed by atoms with Crippen LogP contribution in [0.15, 0.2) is 114 Å². The molecule has 4 amide bonds. The fourth-order valence-electron chi connectivity index (χ4n) is 4.59. The second-order valence-corrected chi connectivity index (χ2v) is 11.0. The van der Waals surface area contributed by atoms with E-state index in [9.17, 15) is 19.2 Å². The molecule has 0 fully saturated rings. The van der Waals surface area contributed by atoms with Crippen molar-refractivity contribution in [2.45, 2.75) is 18.2 Å². The molecule has 1 aliphatic heterocycles. The zero-order chi connectivity index (χ0) is 29.5. The molecule has 1 aliphatic rings. The molecular formula is C34H29N3O4S. The summed E-state index contributed by atoms with van der Waals surface area (Å²) in [4.78, 5) is 53.6. The average molecular weight is 576 g/mol. The Labute approximate surface area is 248 Å². The number of fused-ring (bicyclic) bond motifs is 1. The quantitative estimate of drug-likeness (QED) is 0.102. The Morgan fingerprint density at radius 2 is 1.50 bits per heavy atom. The van der Waals surface area contributed by atoms with Gasteiger partial charge in [-0.1, -0.05) is 66.2 Å². The molecule has 5 rings (SSSR count). The predicted molar refractivity (Wildman–Crippen MR) is 165 cm³/mol. The van der Waals surface area contributed by atoms with Crippen molar-refractivity contribution in [1.29, 1.82) is 0 Å². The maximum absolute atomic E-state index is 13.4. The predicted octanol–water partition coefficient (Wildman–Crippen LogP) is 6.18. The van der Waals surface area contributed by atoms with Crippen LogP contribution in [0.1, 0.15) is 48.6 Å². The second-order valence-electron chi connectivity index (χ2n) is 9.78. The van der Waals surface area contributed by atoms with Crippen LogP contribution in [0, 0.1) is 6.92 Å². The summed E-state index contributed by atoms with van der Waals surface area (Å²) in [5, 5.41) is 5.66. The molecule has 0 unspecified atom stereocenters. The van der Waals surface area contributed by atoms with Gasteiger partial charge in [-0.05, 0) is 73.2 Å². The standard InChI is InChI=1S/C34H29N3O4S/c1-23-10-7-11-24(20-23)21-30(36-31(38)25-12-3-2-4-13-25)32(39)35-26-14-8-15-27(22-26)42-19-9-18-37-33(40)28-16-5-6-17-29(28)34(37)41/h2-8,10-17,20-22H,9,18-19H2,1H3,(H,35,39)(H,36,38)/b30-21+. The number of nitrogens with zero attached hydrogens (tertiary/aromatic N) is 1. The van der Waals surface area contributed by atoms with E-state index >= 15 is 0 Å². The maximum atomic E-state index is 13.4. The van der Waals surface area contributed by atoms with Gasteiger partial charge in [0.2, 0.25) is 0 Å². The lowest BCUT2D eigenvalue weighted by molar-refractivity contribution is -0.113. The molecule has 0 saturated heterocycles. The number of carbonyl (C=O) groups is 4. The average Bonchev–Trinajstić information content (AvgIpc) is 3.24. The molecule has 4 aromatic rings. The number of amides is 4. The minimum absolute atomic E-state index is 0.119. The van der Waals surface area contributed by atoms with Gasteiger partial charge in [0, 0.05) is 22.7 Å². The van der Waals surface area contributed by atoms with Gasteiger partial charge in [0.15, 0.2) is 0 Å². The fraction of sp³-hybridized carbons (Fsp3) is 0.118. The molecular weight excluding hydrogens is 546 g/mol. The van der Waals surface area contributed by atoms with Gasteiger partial charge in [0.1, 0.15) is 5.70 Å². The minimum atomic E-state index is -0.450. The normalized spacial score (nSPS) is 12.7. The molecule has 0 aliphatic carbocycles. The highest BCUT2D eigenvalue weighted by molar-refractivity contribution is 7.99. The molecule has 1 heterocycles. The third kappa shape index (κ3) is 6.85. The molecule has 0 radical (unpaired) electrons. The number of rotatable bonds is 10. The van der Waals surface area contributed by atoms with E-state index in [1.54, 1.807) is 72.4 Å². The monoisotopic (exact) mass is 575 g/mol. The molecule has 0 aromatic heterocycles. The molecule has 0 spiro atoms. The number of thioether (sulfide) groups is 1. The van der Waals surface area contributed by atoms with Crippen molar-refractivity contribution in [3.05, 3.63) is 137 Å². The van der Waals surface area contributed by atoms with E-state index < -0.39 is 5.91 Å². The lowest BCUT2D eigenvalue weighted by atomic mass is 10.1. The summed E-state index contributed by atoms with van der Waals surface area (Å²) in [5.41, 5.74) is 3.87. The Balaban J connectivity index is 1.22. The highest BCUT2D eigenvalue weighted by atomic mass is 32.2. The number of aryl methyl sites for hydroxylation is 1. The van der Waals surface area contributed by atoms with E-state index in [0.717, 1.165) is 16.0 Å².